The zero-order chi connectivity index (χ0) is 23.1. The fourth-order valence-corrected chi connectivity index (χ4v) is 4.48. The minimum atomic E-state index is -0.454. The number of hydrogen-bond acceptors (Lipinski definition) is 5. The lowest BCUT2D eigenvalue weighted by atomic mass is 10.1. The van der Waals surface area contributed by atoms with Crippen molar-refractivity contribution in [1.29, 1.82) is 0 Å². The van der Waals surface area contributed by atoms with Crippen molar-refractivity contribution in [2.75, 3.05) is 0 Å². The molecule has 33 heavy (non-hydrogen) atoms. The number of halogens is 3. The van der Waals surface area contributed by atoms with Crippen LogP contribution in [0.1, 0.15) is 27.4 Å². The van der Waals surface area contributed by atoms with E-state index in [9.17, 15) is 4.79 Å². The van der Waals surface area contributed by atoms with E-state index in [0.29, 0.717) is 38.9 Å². The summed E-state index contributed by atoms with van der Waals surface area (Å²) < 4.78 is 7.13. The zero-order valence-corrected chi connectivity index (χ0v) is 19.5. The molecule has 5 rings (SSSR count). The number of aryl methyl sites for hydroxylation is 1. The van der Waals surface area contributed by atoms with Crippen LogP contribution < -0.4 is 0 Å². The summed E-state index contributed by atoms with van der Waals surface area (Å²) in [7, 11) is 0. The summed E-state index contributed by atoms with van der Waals surface area (Å²) in [6.45, 7) is 2.30. The van der Waals surface area contributed by atoms with Crippen LogP contribution >= 0.6 is 34.8 Å². The maximum Gasteiger partial charge on any atom is 0.299 e. The number of pyridine rings is 1. The first-order chi connectivity index (χ1) is 15.9. The summed E-state index contributed by atoms with van der Waals surface area (Å²) >= 11 is 19.2. The quantitative estimate of drug-likeness (QED) is 0.255. The van der Waals surface area contributed by atoms with Gasteiger partial charge >= 0.3 is 0 Å². The molecule has 0 aliphatic carbocycles. The van der Waals surface area contributed by atoms with Crippen LogP contribution in [0.3, 0.4) is 0 Å². The molecule has 3 heterocycles. The summed E-state index contributed by atoms with van der Waals surface area (Å²) in [6, 6.07) is 14.5. The van der Waals surface area contributed by atoms with Gasteiger partial charge in [-0.2, -0.15) is 4.98 Å². The molecular formula is C24H15Cl3N4O2. The number of nitrogens with zero attached hydrogens (tertiary/aromatic N) is 4. The van der Waals surface area contributed by atoms with Crippen molar-refractivity contribution >= 4 is 51.5 Å². The van der Waals surface area contributed by atoms with E-state index in [1.54, 1.807) is 36.7 Å². The lowest BCUT2D eigenvalue weighted by Gasteiger charge is -2.10. The second-order valence-electron chi connectivity index (χ2n) is 7.50. The van der Waals surface area contributed by atoms with Crippen LogP contribution in [0, 0.1) is 6.92 Å². The predicted molar refractivity (Wildman–Crippen MR) is 128 cm³/mol. The summed E-state index contributed by atoms with van der Waals surface area (Å²) in [6.07, 6.45) is 3.23. The van der Waals surface area contributed by atoms with Crippen LogP contribution in [0.2, 0.25) is 15.2 Å². The molecule has 0 aliphatic heterocycles. The number of benzene rings is 2. The Morgan fingerprint density at radius 1 is 1.03 bits per heavy atom. The van der Waals surface area contributed by atoms with Crippen molar-refractivity contribution in [3.63, 3.8) is 0 Å². The average Bonchev–Trinajstić information content (AvgIpc) is 3.39. The molecule has 5 aromatic rings. The molecule has 0 bridgehead atoms. The van der Waals surface area contributed by atoms with E-state index in [1.807, 2.05) is 35.8 Å². The van der Waals surface area contributed by atoms with E-state index >= 15 is 0 Å². The molecule has 2 aromatic carbocycles. The van der Waals surface area contributed by atoms with Gasteiger partial charge in [0.25, 0.3) is 11.7 Å². The molecular weight excluding hydrogens is 483 g/mol. The van der Waals surface area contributed by atoms with Gasteiger partial charge in [-0.05, 0) is 48.9 Å². The monoisotopic (exact) mass is 496 g/mol. The SMILES string of the molecule is Cc1ccc2c(c1)c(C(=O)c1nc(-c3ccncc3)no1)c(Cl)n2Cc1ccc(Cl)cc1Cl. The van der Waals surface area contributed by atoms with Gasteiger partial charge < -0.3 is 9.09 Å². The van der Waals surface area contributed by atoms with Gasteiger partial charge in [-0.1, -0.05) is 57.7 Å². The Balaban J connectivity index is 1.61. The largest absolute Gasteiger partial charge is 0.330 e. The van der Waals surface area contributed by atoms with Crippen LogP contribution in [0.4, 0.5) is 0 Å². The van der Waals surface area contributed by atoms with E-state index in [1.165, 1.54) is 0 Å². The lowest BCUT2D eigenvalue weighted by molar-refractivity contribution is 0.0995. The van der Waals surface area contributed by atoms with Crippen molar-refractivity contribution < 1.29 is 9.32 Å². The molecule has 0 radical (unpaired) electrons. The zero-order valence-electron chi connectivity index (χ0n) is 17.2. The maximum absolute atomic E-state index is 13.5. The van der Waals surface area contributed by atoms with Crippen molar-refractivity contribution in [2.45, 2.75) is 13.5 Å². The molecule has 0 atom stereocenters. The van der Waals surface area contributed by atoms with Crippen LogP contribution in [0.5, 0.6) is 0 Å². The van der Waals surface area contributed by atoms with Crippen LogP contribution in [-0.4, -0.2) is 25.5 Å². The van der Waals surface area contributed by atoms with E-state index in [4.69, 9.17) is 39.3 Å². The number of rotatable bonds is 5. The van der Waals surface area contributed by atoms with Gasteiger partial charge in [0.05, 0.1) is 17.6 Å². The Kier molecular flexibility index (Phi) is 5.66. The molecule has 6 nitrogen and oxygen atoms in total. The van der Waals surface area contributed by atoms with Crippen molar-refractivity contribution in [2.24, 2.45) is 0 Å². The van der Waals surface area contributed by atoms with Gasteiger partial charge in [-0.25, -0.2) is 0 Å². The van der Waals surface area contributed by atoms with Crippen molar-refractivity contribution in [1.82, 2.24) is 19.7 Å². The smallest absolute Gasteiger partial charge is 0.299 e. The van der Waals surface area contributed by atoms with Crippen LogP contribution in [0.15, 0.2) is 65.4 Å². The van der Waals surface area contributed by atoms with E-state index < -0.39 is 5.78 Å². The third-order valence-corrected chi connectivity index (χ3v) is 6.26. The highest BCUT2D eigenvalue weighted by Gasteiger charge is 2.27. The molecule has 9 heteroatoms. The van der Waals surface area contributed by atoms with Gasteiger partial charge in [0.15, 0.2) is 0 Å². The van der Waals surface area contributed by atoms with E-state index in [2.05, 4.69) is 15.1 Å². The molecule has 0 aliphatic rings. The first-order valence-electron chi connectivity index (χ1n) is 9.93. The summed E-state index contributed by atoms with van der Waals surface area (Å²) in [4.78, 5) is 21.7. The molecule has 0 amide bonds. The van der Waals surface area contributed by atoms with Crippen molar-refractivity contribution in [3.8, 4) is 11.4 Å². The molecule has 0 saturated carbocycles. The number of fused-ring (bicyclic) bond motifs is 1. The molecule has 164 valence electrons. The first-order valence-corrected chi connectivity index (χ1v) is 11.1. The number of ketones is 1. The van der Waals surface area contributed by atoms with Gasteiger partial charge in [0.1, 0.15) is 5.15 Å². The van der Waals surface area contributed by atoms with Crippen molar-refractivity contribution in [3.05, 3.63) is 98.7 Å². The average molecular weight is 498 g/mol. The Bertz CT molecular complexity index is 1510. The molecule has 0 N–H and O–H groups in total. The fourth-order valence-electron chi connectivity index (χ4n) is 3.67. The van der Waals surface area contributed by atoms with E-state index in [0.717, 1.165) is 16.6 Å². The first kappa shape index (κ1) is 21.6. The number of carbonyl (C=O) groups is 1. The topological polar surface area (TPSA) is 73.8 Å². The summed E-state index contributed by atoms with van der Waals surface area (Å²) in [5.74, 6) is -0.303. The molecule has 0 unspecified atom stereocenters. The number of aromatic nitrogens is 4. The standard InChI is InChI=1S/C24H15Cl3N4O2/c1-13-2-5-19-17(10-13)20(22(27)31(19)12-15-3-4-16(25)11-18(15)26)21(32)24-29-23(30-33-24)14-6-8-28-9-7-14/h2-11H,12H2,1H3. The highest BCUT2D eigenvalue weighted by atomic mass is 35.5. The highest BCUT2D eigenvalue weighted by Crippen LogP contribution is 2.34. The van der Waals surface area contributed by atoms with Crippen LogP contribution in [-0.2, 0) is 6.54 Å². The second kappa shape index (κ2) is 8.63. The normalized spacial score (nSPS) is 11.3. The third kappa shape index (κ3) is 4.02. The number of carbonyl (C=O) groups excluding carboxylic acids is 1. The molecule has 0 fully saturated rings. The second-order valence-corrected chi connectivity index (χ2v) is 8.70. The predicted octanol–water partition coefficient (Wildman–Crippen LogP) is 6.63. The molecule has 0 spiro atoms. The van der Waals surface area contributed by atoms with E-state index in [-0.39, 0.29) is 11.0 Å². The number of hydrogen-bond donors (Lipinski definition) is 0. The summed E-state index contributed by atoms with van der Waals surface area (Å²) in [5, 5.41) is 5.95. The molecule has 3 aromatic heterocycles. The van der Waals surface area contributed by atoms with Gasteiger partial charge in [0, 0.05) is 33.4 Å². The van der Waals surface area contributed by atoms with Gasteiger partial charge in [-0.15, -0.1) is 0 Å². The Hall–Kier alpha value is -3.19. The third-order valence-electron chi connectivity index (χ3n) is 5.28. The van der Waals surface area contributed by atoms with Gasteiger partial charge in [-0.3, -0.25) is 9.78 Å². The Morgan fingerprint density at radius 2 is 1.82 bits per heavy atom. The molecule has 0 saturated heterocycles. The Morgan fingerprint density at radius 3 is 2.58 bits per heavy atom. The maximum atomic E-state index is 13.5. The summed E-state index contributed by atoms with van der Waals surface area (Å²) in [5.41, 5.74) is 3.57. The van der Waals surface area contributed by atoms with Gasteiger partial charge in [0.2, 0.25) is 5.82 Å². The Labute approximate surface area is 203 Å². The minimum absolute atomic E-state index is 0.145. The van der Waals surface area contributed by atoms with Crippen LogP contribution in [0.25, 0.3) is 22.3 Å². The minimum Gasteiger partial charge on any atom is -0.330 e. The highest BCUT2D eigenvalue weighted by molar-refractivity contribution is 6.37. The fraction of sp³-hybridized carbons (Fsp3) is 0.0833. The lowest BCUT2D eigenvalue weighted by Crippen LogP contribution is -2.04.